The molecule has 17 amide bonds. The fraction of sp³-hybridized carbons (Fsp3) is 0.699. The third-order valence-corrected chi connectivity index (χ3v) is 24.7. The molecule has 48 heteroatoms. The first kappa shape index (κ1) is 125. The molecule has 0 spiro atoms. The van der Waals surface area contributed by atoms with Crippen molar-refractivity contribution in [3.05, 3.63) is 36.0 Å². The van der Waals surface area contributed by atoms with Gasteiger partial charge < -0.3 is 151 Å². The number of aliphatic hydroxyl groups is 2. The number of carboxylic acid groups (broad SMARTS) is 1. The van der Waals surface area contributed by atoms with E-state index in [1.807, 2.05) is 13.8 Å². The highest BCUT2D eigenvalue weighted by Gasteiger charge is 2.42. The number of aromatic nitrogens is 1. The molecule has 21 atom stereocenters. The first-order valence-corrected chi connectivity index (χ1v) is 49.0. The summed E-state index contributed by atoms with van der Waals surface area (Å²) in [4.78, 5) is 259. The van der Waals surface area contributed by atoms with E-state index in [1.54, 1.807) is 114 Å². The van der Waals surface area contributed by atoms with Gasteiger partial charge in [-0.25, -0.2) is 0 Å². The number of carboxylic acids is 1. The van der Waals surface area contributed by atoms with Crippen LogP contribution < -0.4 is 131 Å². The molecule has 0 aliphatic carbocycles. The number of carbonyl (C=O) groups excluding carboxylic acids is 17. The number of guanidine groups is 2. The molecule has 37 N–H and O–H groups in total. The molecule has 0 bridgehead atoms. The Morgan fingerprint density at radius 3 is 0.986 bits per heavy atom. The van der Waals surface area contributed by atoms with Crippen LogP contribution in [-0.2, 0) is 92.7 Å². The maximum absolute atomic E-state index is 15.3. The summed E-state index contributed by atoms with van der Waals surface area (Å²) in [6, 6.07) is -16.8. The second-order valence-corrected chi connectivity index (χ2v) is 37.1. The minimum atomic E-state index is -1.79. The van der Waals surface area contributed by atoms with E-state index < -0.39 is 272 Å². The quantitative estimate of drug-likeness (QED) is 0.0171. The maximum Gasteiger partial charge on any atom is 0.303 e. The Morgan fingerprint density at radius 1 is 0.348 bits per heavy atom. The number of H-pyrrole nitrogens is 1. The summed E-state index contributed by atoms with van der Waals surface area (Å²) < 4.78 is 0. The van der Waals surface area contributed by atoms with Crippen LogP contribution in [0.4, 0.5) is 0 Å². The van der Waals surface area contributed by atoms with Crippen LogP contribution in [0.25, 0.3) is 10.9 Å². The first-order valence-electron chi connectivity index (χ1n) is 49.0. The molecule has 48 nitrogen and oxygen atoms in total. The van der Waals surface area contributed by atoms with E-state index in [1.165, 1.54) is 0 Å². The van der Waals surface area contributed by atoms with Crippen molar-refractivity contribution in [2.24, 2.45) is 81.6 Å². The predicted octanol–water partition coefficient (Wildman–Crippen LogP) is -3.98. The second-order valence-electron chi connectivity index (χ2n) is 37.1. The van der Waals surface area contributed by atoms with Crippen molar-refractivity contribution in [2.75, 3.05) is 39.4 Å². The van der Waals surface area contributed by atoms with E-state index >= 15 is 19.2 Å². The molecule has 0 aliphatic heterocycles. The fourth-order valence-electron chi connectivity index (χ4n) is 15.1. The number of carbonyl (C=O) groups is 18. The van der Waals surface area contributed by atoms with Gasteiger partial charge in [0.25, 0.3) is 0 Å². The molecule has 0 saturated heterocycles. The maximum atomic E-state index is 15.3. The van der Waals surface area contributed by atoms with Gasteiger partial charge in [0.2, 0.25) is 100 Å². The number of hydrogen-bond donors (Lipinski definition) is 30. The van der Waals surface area contributed by atoms with Crippen LogP contribution in [0.3, 0.4) is 0 Å². The molecular formula is C93H163N27O21. The first-order chi connectivity index (χ1) is 66.5. The van der Waals surface area contributed by atoms with Crippen LogP contribution in [0, 0.1) is 52.2 Å². The second kappa shape index (κ2) is 65.5. The van der Waals surface area contributed by atoms with Gasteiger partial charge >= 0.3 is 5.97 Å². The zero-order chi connectivity index (χ0) is 107. The third-order valence-electron chi connectivity index (χ3n) is 24.7. The normalized spacial score (nSPS) is 15.8. The number of nitrogens with two attached hydrogens (primary N) is 7. The summed E-state index contributed by atoms with van der Waals surface area (Å²) >= 11 is 0. The lowest BCUT2D eigenvalue weighted by Gasteiger charge is -2.32. The van der Waals surface area contributed by atoms with E-state index in [0.717, 1.165) is 0 Å². The van der Waals surface area contributed by atoms with Crippen LogP contribution in [0.2, 0.25) is 0 Å². The van der Waals surface area contributed by atoms with Gasteiger partial charge in [-0.05, 0) is 156 Å². The number of amides is 17. The van der Waals surface area contributed by atoms with Crippen LogP contribution in [-0.4, -0.2) is 275 Å². The van der Waals surface area contributed by atoms with E-state index in [9.17, 15) is 82.4 Å². The molecule has 0 radical (unpaired) electrons. The molecule has 2 rings (SSSR count). The van der Waals surface area contributed by atoms with Crippen molar-refractivity contribution in [1.82, 2.24) is 95.4 Å². The average Bonchev–Trinajstić information content (AvgIpc) is 1.70. The SMILES string of the molecule is CC[C@H](C)[C@H](NC(=O)[C@H](CCCNC(=N)N)NC(=O)[C@@H](N)CO)C(=O)N[C@@H](CCC(=O)O)C(=O)N[C@@H](Cc1c[nH]c2ccccc12)C(=O)N[C@H](C(=O)N[C@@H](CCCCN)C(=O)N[C@H](C(=O)N[C@@H](CCC(N)=O)C(=O)N[C@H](C(=O)N[C@H](C(=O)N[C@@H](CO)C(=O)N[C@@H](CCCCN)C(=O)N[C@@H](CC(C)C)C(=O)N[C@@H](CCCNC(=N)N)C(=O)N[C@@H](CC(C)C)C(N)=O)[C@@H](C)CC)[C@@H](C)CC)[C@@H](C)CC)[C@@H](C)CC. The van der Waals surface area contributed by atoms with Crippen molar-refractivity contribution >= 4 is 129 Å². The number of nitrogens with one attached hydrogen (secondary N) is 20. The van der Waals surface area contributed by atoms with Gasteiger partial charge in [-0.1, -0.05) is 147 Å². The minimum Gasteiger partial charge on any atom is -0.481 e. The van der Waals surface area contributed by atoms with Gasteiger partial charge in [-0.15, -0.1) is 0 Å². The van der Waals surface area contributed by atoms with E-state index in [0.29, 0.717) is 29.3 Å². The molecule has 0 unspecified atom stereocenters. The molecule has 141 heavy (non-hydrogen) atoms. The molecule has 0 saturated carbocycles. The van der Waals surface area contributed by atoms with Crippen molar-refractivity contribution in [3.8, 4) is 0 Å². The summed E-state index contributed by atoms with van der Waals surface area (Å²) in [5.41, 5.74) is 40.8. The molecule has 0 aliphatic rings. The summed E-state index contributed by atoms with van der Waals surface area (Å²) in [7, 11) is 0. The van der Waals surface area contributed by atoms with Gasteiger partial charge in [0.1, 0.15) is 96.7 Å². The number of para-hydroxylation sites is 1. The summed E-state index contributed by atoms with van der Waals surface area (Å²) in [6.45, 7) is 22.4. The molecule has 796 valence electrons. The van der Waals surface area contributed by atoms with Gasteiger partial charge in [-0.2, -0.15) is 0 Å². The molecule has 1 aromatic heterocycles. The van der Waals surface area contributed by atoms with E-state index in [4.69, 9.17) is 51.0 Å². The number of primary amides is 2. The highest BCUT2D eigenvalue weighted by Crippen LogP contribution is 2.23. The molecule has 1 heterocycles. The fourth-order valence-corrected chi connectivity index (χ4v) is 15.1. The highest BCUT2D eigenvalue weighted by atomic mass is 16.4. The van der Waals surface area contributed by atoms with Crippen molar-refractivity contribution < 1.29 is 102 Å². The number of aliphatic hydroxyl groups excluding tert-OH is 2. The lowest BCUT2D eigenvalue weighted by molar-refractivity contribution is -0.139. The Kier molecular flexibility index (Phi) is 57.9. The number of aromatic amines is 1. The monoisotopic (exact) mass is 1990 g/mol. The highest BCUT2D eigenvalue weighted by molar-refractivity contribution is 6.02. The standard InChI is InChI=1S/C93H163N27O21/c1-15-50(10)71(116-81(131)60(31-23-25-39-95)109-87(137)73(52(12)17-3)119-85(135)67(44-55-45-105-58-29-21-20-28-56(55)58)114-80(130)64(35-37-70(124)125)111-89(139)72(51(11)16-2)117-82(132)62(33-27-41-104-93(101)102)106-77(127)57(96)46-121)88(138)110-63(34-36-69(97)123)83(133)118-75(54(14)19-5)91(141)120-74(53(13)18-4)90(140)115-68(47-122)86(136)108-59(30-22-24-38-94)79(129)113-66(43-49(8)9)84(134)107-61(32-26-40-103-92(99)100)78(128)112-65(76(98)126)42-48(6)7/h20-21,28-29,45,48-54,57,59-68,71-75,105,121-122H,15-19,22-27,30-44,46-47,94-96H2,1-14H3,(H2,97,123)(H2,98,126)(H,106,127)(H,107,134)(H,108,136)(H,109,137)(H,110,138)(H,111,139)(H,112,128)(H,113,129)(H,114,130)(H,115,140)(H,116,131)(H,117,132)(H,118,133)(H,119,135)(H,120,141)(H,124,125)(H4,99,100,103)(H4,101,102,104)/t50-,51-,52-,53-,54-,57-,59-,60-,61-,62-,63-,64-,65-,66-,67-,68-,71-,72-,73-,74-,75-/m0/s1. The smallest absolute Gasteiger partial charge is 0.303 e. The number of fused-ring (bicyclic) bond motifs is 1. The van der Waals surface area contributed by atoms with Crippen LogP contribution >= 0.6 is 0 Å². The topological polar surface area (TPSA) is 818 Å². The Balaban J connectivity index is 2.66. The molecular weight excluding hydrogens is 1830 g/mol. The number of aliphatic carboxylic acids is 1. The zero-order valence-electron chi connectivity index (χ0n) is 84.2. The van der Waals surface area contributed by atoms with Crippen LogP contribution in [0.15, 0.2) is 30.5 Å². The third kappa shape index (κ3) is 44.9. The predicted molar refractivity (Wildman–Crippen MR) is 528 cm³/mol. The summed E-state index contributed by atoms with van der Waals surface area (Å²) in [6.07, 6.45) is 1.57. The van der Waals surface area contributed by atoms with Crippen molar-refractivity contribution in [1.29, 1.82) is 10.8 Å². The average molecular weight is 2000 g/mol. The van der Waals surface area contributed by atoms with Crippen LogP contribution in [0.1, 0.15) is 237 Å². The van der Waals surface area contributed by atoms with E-state index in [-0.39, 0.29) is 153 Å². The zero-order valence-corrected chi connectivity index (χ0v) is 84.2. The number of rotatable bonds is 71. The summed E-state index contributed by atoms with van der Waals surface area (Å²) in [5, 5.41) is 90.9. The lowest BCUT2D eigenvalue weighted by atomic mass is 9.94. The Labute approximate surface area is 825 Å². The molecule has 1 aromatic carbocycles. The minimum absolute atomic E-state index is 0.0119. The Morgan fingerprint density at radius 2 is 0.638 bits per heavy atom. The van der Waals surface area contributed by atoms with Crippen molar-refractivity contribution in [3.63, 3.8) is 0 Å². The van der Waals surface area contributed by atoms with E-state index in [2.05, 4.69) is 95.4 Å². The van der Waals surface area contributed by atoms with Gasteiger partial charge in [0, 0.05) is 49.5 Å². The number of unbranched alkanes of at least 4 members (excludes halogenated alkanes) is 2. The number of hydrogen-bond acceptors (Lipinski definition) is 25. The lowest BCUT2D eigenvalue weighted by Crippen LogP contribution is -2.63. The number of benzene rings is 1. The van der Waals surface area contributed by atoms with Gasteiger partial charge in [0.05, 0.1) is 13.2 Å². The van der Waals surface area contributed by atoms with Crippen LogP contribution in [0.5, 0.6) is 0 Å². The Hall–Kier alpha value is -12.4. The van der Waals surface area contributed by atoms with Crippen molar-refractivity contribution in [2.45, 2.75) is 335 Å². The molecule has 0 fully saturated rings. The Bertz CT molecular complexity index is 4420. The molecule has 2 aromatic rings. The van der Waals surface area contributed by atoms with Gasteiger partial charge in [0.15, 0.2) is 11.9 Å². The van der Waals surface area contributed by atoms with Gasteiger partial charge in [-0.3, -0.25) is 97.1 Å². The summed E-state index contributed by atoms with van der Waals surface area (Å²) in [5.74, 6) is -21.9. The largest absolute Gasteiger partial charge is 0.481 e.